The van der Waals surface area contributed by atoms with Gasteiger partial charge < -0.3 is 15.0 Å². The van der Waals surface area contributed by atoms with Crippen LogP contribution in [0.15, 0.2) is 36.5 Å². The highest BCUT2D eigenvalue weighted by Crippen LogP contribution is 2.28. The lowest BCUT2D eigenvalue weighted by atomic mass is 10.3. The maximum Gasteiger partial charge on any atom is 0.227 e. The van der Waals surface area contributed by atoms with Crippen LogP contribution in [0.5, 0.6) is 5.75 Å². The second-order valence-electron chi connectivity index (χ2n) is 5.72. The lowest BCUT2D eigenvalue weighted by molar-refractivity contribution is 0.244. The van der Waals surface area contributed by atoms with E-state index >= 15 is 0 Å². The second kappa shape index (κ2) is 6.64. The zero-order valence-electron chi connectivity index (χ0n) is 13.1. The van der Waals surface area contributed by atoms with E-state index in [9.17, 15) is 0 Å². The Morgan fingerprint density at radius 3 is 2.68 bits per heavy atom. The van der Waals surface area contributed by atoms with Crippen LogP contribution in [0, 0.1) is 0 Å². The van der Waals surface area contributed by atoms with Gasteiger partial charge in [-0.15, -0.1) is 0 Å². The van der Waals surface area contributed by atoms with Gasteiger partial charge in [0.05, 0.1) is 11.8 Å². The van der Waals surface area contributed by atoms with Crippen LogP contribution in [-0.2, 0) is 0 Å². The molecule has 0 radical (unpaired) electrons. The highest BCUT2D eigenvalue weighted by molar-refractivity contribution is 5.64. The van der Waals surface area contributed by atoms with Crippen molar-refractivity contribution in [3.8, 4) is 5.75 Å². The number of hydrogen-bond donors (Lipinski definition) is 1. The summed E-state index contributed by atoms with van der Waals surface area (Å²) >= 11 is 0. The van der Waals surface area contributed by atoms with E-state index in [4.69, 9.17) is 4.74 Å². The molecule has 5 heteroatoms. The van der Waals surface area contributed by atoms with E-state index in [1.54, 1.807) is 6.20 Å². The van der Waals surface area contributed by atoms with E-state index in [-0.39, 0.29) is 6.10 Å². The minimum atomic E-state index is 0.133. The number of ether oxygens (including phenoxy) is 1. The van der Waals surface area contributed by atoms with Gasteiger partial charge in [-0.25, -0.2) is 4.98 Å². The fourth-order valence-electron chi connectivity index (χ4n) is 2.55. The molecule has 1 aliphatic heterocycles. The zero-order valence-corrected chi connectivity index (χ0v) is 13.1. The molecule has 0 bridgehead atoms. The van der Waals surface area contributed by atoms with Crippen LogP contribution in [0.3, 0.4) is 0 Å². The summed E-state index contributed by atoms with van der Waals surface area (Å²) in [5.74, 6) is 2.42. The summed E-state index contributed by atoms with van der Waals surface area (Å²) < 4.78 is 5.83. The van der Waals surface area contributed by atoms with Crippen molar-refractivity contribution in [2.24, 2.45) is 0 Å². The number of hydrogen-bond acceptors (Lipinski definition) is 5. The van der Waals surface area contributed by atoms with Crippen LogP contribution >= 0.6 is 0 Å². The van der Waals surface area contributed by atoms with Crippen LogP contribution in [0.25, 0.3) is 0 Å². The van der Waals surface area contributed by atoms with Crippen molar-refractivity contribution in [3.05, 3.63) is 36.5 Å². The van der Waals surface area contributed by atoms with Crippen molar-refractivity contribution >= 4 is 17.5 Å². The number of aromatic nitrogens is 2. The Bertz CT molecular complexity index is 624. The monoisotopic (exact) mass is 298 g/mol. The molecule has 1 N–H and O–H groups in total. The van der Waals surface area contributed by atoms with Crippen molar-refractivity contribution in [3.63, 3.8) is 0 Å². The molecule has 2 heterocycles. The Labute approximate surface area is 131 Å². The van der Waals surface area contributed by atoms with Crippen LogP contribution in [0.2, 0.25) is 0 Å². The Kier molecular flexibility index (Phi) is 4.42. The maximum atomic E-state index is 5.83. The van der Waals surface area contributed by atoms with Crippen LogP contribution in [-0.4, -0.2) is 29.2 Å². The molecule has 5 nitrogen and oxygen atoms in total. The highest BCUT2D eigenvalue weighted by Gasteiger charge is 2.15. The molecule has 3 rings (SSSR count). The van der Waals surface area contributed by atoms with Crippen LogP contribution in [0.1, 0.15) is 26.7 Å². The first-order valence-electron chi connectivity index (χ1n) is 7.83. The predicted molar refractivity (Wildman–Crippen MR) is 89.0 cm³/mol. The van der Waals surface area contributed by atoms with Crippen LogP contribution < -0.4 is 15.0 Å². The molecule has 0 amide bonds. The predicted octanol–water partition coefficient (Wildman–Crippen LogP) is 3.61. The minimum Gasteiger partial charge on any atom is -0.489 e. The summed E-state index contributed by atoms with van der Waals surface area (Å²) in [7, 11) is 0. The summed E-state index contributed by atoms with van der Waals surface area (Å²) in [6, 6.07) is 9.79. The van der Waals surface area contributed by atoms with Gasteiger partial charge in [0.1, 0.15) is 11.6 Å². The average Bonchev–Trinajstić information content (AvgIpc) is 3.03. The molecular weight excluding hydrogens is 276 g/mol. The van der Waals surface area contributed by atoms with Crippen molar-refractivity contribution in [1.82, 2.24) is 9.97 Å². The van der Waals surface area contributed by atoms with E-state index in [1.165, 1.54) is 12.8 Å². The van der Waals surface area contributed by atoms with Gasteiger partial charge in [-0.05, 0) is 44.9 Å². The van der Waals surface area contributed by atoms with E-state index in [2.05, 4.69) is 20.2 Å². The van der Waals surface area contributed by atoms with Crippen molar-refractivity contribution in [2.45, 2.75) is 32.8 Å². The van der Waals surface area contributed by atoms with Crippen molar-refractivity contribution in [1.29, 1.82) is 0 Å². The summed E-state index contributed by atoms with van der Waals surface area (Å²) in [5, 5.41) is 3.34. The quantitative estimate of drug-likeness (QED) is 0.914. The molecule has 0 atom stereocenters. The normalized spacial score (nSPS) is 14.4. The smallest absolute Gasteiger partial charge is 0.227 e. The summed E-state index contributed by atoms with van der Waals surface area (Å²) in [4.78, 5) is 11.2. The van der Waals surface area contributed by atoms with E-state index < -0.39 is 0 Å². The third kappa shape index (κ3) is 3.47. The third-order valence-corrected chi connectivity index (χ3v) is 3.54. The molecular formula is C17H22N4O. The van der Waals surface area contributed by atoms with Crippen LogP contribution in [0.4, 0.5) is 17.5 Å². The van der Waals surface area contributed by atoms with Gasteiger partial charge in [-0.1, -0.05) is 12.1 Å². The summed E-state index contributed by atoms with van der Waals surface area (Å²) in [6.07, 6.45) is 4.36. The lowest BCUT2D eigenvalue weighted by Crippen LogP contribution is -2.20. The molecule has 0 unspecified atom stereocenters. The number of nitrogens with one attached hydrogen (secondary N) is 1. The Morgan fingerprint density at radius 1 is 1.14 bits per heavy atom. The number of rotatable bonds is 5. The first-order valence-corrected chi connectivity index (χ1v) is 7.83. The van der Waals surface area contributed by atoms with Gasteiger partial charge in [0.2, 0.25) is 5.95 Å². The standard InChI is InChI=1S/C17H22N4O/c1-13(2)22-15-8-4-3-7-14(15)19-16-9-10-18-17(20-16)21-11-5-6-12-21/h3-4,7-10,13H,5-6,11-12H2,1-2H3,(H,18,19,20). The van der Waals surface area contributed by atoms with Gasteiger partial charge >= 0.3 is 0 Å². The Balaban J connectivity index is 1.79. The number of nitrogens with zero attached hydrogens (tertiary/aromatic N) is 3. The first-order chi connectivity index (χ1) is 10.7. The Hall–Kier alpha value is -2.30. The zero-order chi connectivity index (χ0) is 15.4. The number of anilines is 3. The maximum absolute atomic E-state index is 5.83. The molecule has 0 spiro atoms. The molecule has 116 valence electrons. The van der Waals surface area contributed by atoms with Gasteiger partial charge in [-0.3, -0.25) is 0 Å². The fourth-order valence-corrected chi connectivity index (χ4v) is 2.55. The van der Waals surface area contributed by atoms with Gasteiger partial charge in [0, 0.05) is 19.3 Å². The molecule has 22 heavy (non-hydrogen) atoms. The first kappa shape index (κ1) is 14.6. The summed E-state index contributed by atoms with van der Waals surface area (Å²) in [5.41, 5.74) is 0.919. The van der Waals surface area contributed by atoms with E-state index in [1.807, 2.05) is 44.2 Å². The van der Waals surface area contributed by atoms with E-state index in [0.29, 0.717) is 0 Å². The van der Waals surface area contributed by atoms with E-state index in [0.717, 1.165) is 36.3 Å². The fraction of sp³-hybridized carbons (Fsp3) is 0.412. The van der Waals surface area contributed by atoms with Gasteiger partial charge in [-0.2, -0.15) is 4.98 Å². The largest absolute Gasteiger partial charge is 0.489 e. The van der Waals surface area contributed by atoms with Gasteiger partial charge in [0.25, 0.3) is 0 Å². The van der Waals surface area contributed by atoms with Gasteiger partial charge in [0.15, 0.2) is 0 Å². The molecule has 1 fully saturated rings. The number of benzene rings is 1. The Morgan fingerprint density at radius 2 is 1.91 bits per heavy atom. The topological polar surface area (TPSA) is 50.3 Å². The van der Waals surface area contributed by atoms with Crippen molar-refractivity contribution in [2.75, 3.05) is 23.3 Å². The molecule has 1 saturated heterocycles. The van der Waals surface area contributed by atoms with Crippen molar-refractivity contribution < 1.29 is 4.74 Å². The average molecular weight is 298 g/mol. The molecule has 1 aliphatic rings. The summed E-state index contributed by atoms with van der Waals surface area (Å²) in [6.45, 7) is 6.12. The minimum absolute atomic E-state index is 0.133. The number of para-hydroxylation sites is 2. The highest BCUT2D eigenvalue weighted by atomic mass is 16.5. The lowest BCUT2D eigenvalue weighted by Gasteiger charge is -2.17. The molecule has 0 saturated carbocycles. The second-order valence-corrected chi connectivity index (χ2v) is 5.72. The molecule has 0 aliphatic carbocycles. The SMILES string of the molecule is CC(C)Oc1ccccc1Nc1ccnc(N2CCCC2)n1. The molecule has 2 aromatic rings. The molecule has 1 aromatic heterocycles. The third-order valence-electron chi connectivity index (χ3n) is 3.54. The molecule has 1 aromatic carbocycles.